The van der Waals surface area contributed by atoms with E-state index < -0.39 is 123 Å². The van der Waals surface area contributed by atoms with Crippen molar-refractivity contribution in [3.63, 3.8) is 0 Å². The Bertz CT molecular complexity index is 2150. The molecule has 3 heterocycles. The molecule has 0 aliphatic carbocycles. The van der Waals surface area contributed by atoms with Gasteiger partial charge in [-0.25, -0.2) is 4.79 Å². The number of Topliss-reactive ketones (excluding diaryl/α,β-unsaturated/α-hetero) is 2. The topological polar surface area (TPSA) is 450 Å². The number of ketones is 2. The lowest BCUT2D eigenvalue weighted by molar-refractivity contribution is -0.282. The molecular weight excluding hydrogens is 1360 g/mol. The summed E-state index contributed by atoms with van der Waals surface area (Å²) in [4.78, 5) is 102. The van der Waals surface area contributed by atoms with Crippen LogP contribution in [0.2, 0.25) is 0 Å². The normalized spacial score (nSPS) is 25.3. The predicted octanol–water partition coefficient (Wildman–Crippen LogP) is 4.44. The molecule has 604 valence electrons. The van der Waals surface area contributed by atoms with Crippen LogP contribution in [0.4, 0.5) is 4.79 Å². The zero-order valence-electron chi connectivity index (χ0n) is 62.7. The summed E-state index contributed by atoms with van der Waals surface area (Å²) in [5.41, 5.74) is -0.680. The second-order valence-electron chi connectivity index (χ2n) is 28.4. The second-order valence-corrected chi connectivity index (χ2v) is 28.4. The highest BCUT2D eigenvalue weighted by atomic mass is 16.7. The number of hydrogen-bond donors (Lipinski definition) is 13. The molecule has 0 aromatic carbocycles. The molecule has 3 aliphatic rings. The molecule has 3 fully saturated rings. The maximum Gasteiger partial charge on any atom is 0.407 e. The number of alkyl carbamates (subject to hydrolysis) is 1. The monoisotopic (exact) mass is 1490 g/mol. The van der Waals surface area contributed by atoms with Crippen molar-refractivity contribution in [2.45, 2.75) is 313 Å². The van der Waals surface area contributed by atoms with Crippen molar-refractivity contribution >= 4 is 47.3 Å². The van der Waals surface area contributed by atoms with E-state index in [4.69, 9.17) is 42.6 Å². The first kappa shape index (κ1) is 93.6. The van der Waals surface area contributed by atoms with E-state index in [0.717, 1.165) is 77.0 Å². The molecule has 0 aromatic rings. The van der Waals surface area contributed by atoms with Crippen LogP contribution in [0.15, 0.2) is 0 Å². The van der Waals surface area contributed by atoms with Gasteiger partial charge < -0.3 is 110 Å². The molecule has 3 saturated heterocycles. The first-order chi connectivity index (χ1) is 50.0. The molecule has 104 heavy (non-hydrogen) atoms. The molecule has 30 heteroatoms. The minimum atomic E-state index is -1.22. The van der Waals surface area contributed by atoms with Crippen LogP contribution >= 0.6 is 0 Å². The molecule has 0 bridgehead atoms. The largest absolute Gasteiger partial charge is 0.466 e. The number of ether oxygens (including phenoxy) is 9. The summed E-state index contributed by atoms with van der Waals surface area (Å²) in [5, 5.41) is 101. The van der Waals surface area contributed by atoms with Crippen LogP contribution in [-0.4, -0.2) is 253 Å². The fraction of sp³-hybridized carbons (Fsp3) is 0.892. The van der Waals surface area contributed by atoms with Crippen LogP contribution in [0.3, 0.4) is 0 Å². The third-order valence-electron chi connectivity index (χ3n) is 19.7. The lowest BCUT2D eigenvalue weighted by atomic mass is 9.71. The minimum absolute atomic E-state index is 0.0170. The van der Waals surface area contributed by atoms with Crippen LogP contribution in [0, 0.1) is 23.2 Å². The molecule has 4 amide bonds. The third kappa shape index (κ3) is 38.9. The van der Waals surface area contributed by atoms with E-state index in [0.29, 0.717) is 116 Å². The number of unbranched alkanes of at least 4 members (excludes halogenated alkanes) is 12. The van der Waals surface area contributed by atoms with Gasteiger partial charge in [0.2, 0.25) is 17.7 Å². The lowest BCUT2D eigenvalue weighted by Gasteiger charge is -2.40. The molecule has 0 aromatic heterocycles. The summed E-state index contributed by atoms with van der Waals surface area (Å²) in [6.45, 7) is 8.15. The molecule has 0 radical (unpaired) electrons. The van der Waals surface area contributed by atoms with E-state index in [-0.39, 0.29) is 126 Å². The van der Waals surface area contributed by atoms with Gasteiger partial charge in [-0.15, -0.1) is 0 Å². The number of aliphatic hydroxyl groups is 9. The Morgan fingerprint density at radius 3 is 1.08 bits per heavy atom. The van der Waals surface area contributed by atoms with Crippen molar-refractivity contribution < 1.29 is 127 Å². The summed E-state index contributed by atoms with van der Waals surface area (Å²) < 4.78 is 50.8. The highest BCUT2D eigenvalue weighted by Crippen LogP contribution is 2.40. The molecule has 0 saturated carbocycles. The highest BCUT2D eigenvalue weighted by molar-refractivity contribution is 5.85. The number of rotatable bonds is 60. The maximum absolute atomic E-state index is 13.8. The van der Waals surface area contributed by atoms with Gasteiger partial charge in [-0.05, 0) is 109 Å². The van der Waals surface area contributed by atoms with Gasteiger partial charge in [0.25, 0.3) is 0 Å². The van der Waals surface area contributed by atoms with Crippen molar-refractivity contribution in [2.75, 3.05) is 85.6 Å². The molecule has 15 unspecified atom stereocenters. The van der Waals surface area contributed by atoms with Gasteiger partial charge in [0.15, 0.2) is 18.9 Å². The Balaban J connectivity index is 1.42. The Kier molecular flexibility index (Phi) is 50.1. The molecule has 0 spiro atoms. The van der Waals surface area contributed by atoms with E-state index >= 15 is 0 Å². The molecule has 30 nitrogen and oxygen atoms in total. The Morgan fingerprint density at radius 1 is 0.346 bits per heavy atom. The zero-order valence-corrected chi connectivity index (χ0v) is 62.7. The number of carbonyl (C=O) groups is 8. The lowest BCUT2D eigenvalue weighted by Crippen LogP contribution is -2.55. The number of amides is 4. The van der Waals surface area contributed by atoms with Gasteiger partial charge in [0.05, 0.1) is 77.8 Å². The fourth-order valence-corrected chi connectivity index (χ4v) is 13.1. The summed E-state index contributed by atoms with van der Waals surface area (Å²) in [6.07, 6.45) is 4.58. The van der Waals surface area contributed by atoms with Crippen molar-refractivity contribution in [2.24, 2.45) is 23.2 Å². The smallest absolute Gasteiger partial charge is 0.407 e. The van der Waals surface area contributed by atoms with Gasteiger partial charge >= 0.3 is 18.0 Å². The van der Waals surface area contributed by atoms with Crippen LogP contribution in [0.5, 0.6) is 0 Å². The molecule has 3 aliphatic heterocycles. The van der Waals surface area contributed by atoms with Crippen LogP contribution < -0.4 is 21.3 Å². The Hall–Kier alpha value is -4.64. The summed E-state index contributed by atoms with van der Waals surface area (Å²) in [7, 11) is 0. The van der Waals surface area contributed by atoms with Crippen LogP contribution in [-0.2, 0) is 76.2 Å². The zero-order chi connectivity index (χ0) is 76.5. The van der Waals surface area contributed by atoms with Crippen molar-refractivity contribution in [1.82, 2.24) is 21.3 Å². The highest BCUT2D eigenvalue weighted by Gasteiger charge is 2.45. The van der Waals surface area contributed by atoms with Gasteiger partial charge in [-0.3, -0.25) is 33.6 Å². The molecule has 15 atom stereocenters. The van der Waals surface area contributed by atoms with Crippen LogP contribution in [0.1, 0.15) is 240 Å². The number of esters is 2. The van der Waals surface area contributed by atoms with E-state index in [2.05, 4.69) is 21.3 Å². The average Bonchev–Trinajstić information content (AvgIpc) is 0.839. The standard InChI is InChI=1S/C74H132N4O26/c1-5-75-61(86)34-33-55(83)47-74(35-24-44-96-62(87)31-16-10-7-12-18-38-76-59(84)29-22-42-99-71-52(3)65(90)68(93)57(49-80)103-71,36-25-45-97-63(88)32-17-11-8-13-19-39-77-60(85)30-23-43-100-72-53(4)66(91)69(94)58(50-81)104-72)37-26-46-101-73(95)78-40-20-14-6-9-15-27-54(82)28-21-41-98-70-51(2)64(89)67(92)56(48-79)102-70/h51-53,56-58,64-72,79-81,89-94H,5-50H2,1-4H3,(H,75,86)(H,76,84)(H,77,85)(H,78,95). The van der Waals surface area contributed by atoms with E-state index in [9.17, 15) is 84.3 Å². The number of nitrogens with one attached hydrogen (secondary N) is 4. The Morgan fingerprint density at radius 2 is 0.683 bits per heavy atom. The first-order valence-corrected chi connectivity index (χ1v) is 38.8. The number of aliphatic hydroxyl groups excluding tert-OH is 9. The quantitative estimate of drug-likeness (QED) is 0.0227. The van der Waals surface area contributed by atoms with Crippen molar-refractivity contribution in [1.29, 1.82) is 0 Å². The first-order valence-electron chi connectivity index (χ1n) is 38.8. The molecule has 13 N–H and O–H groups in total. The summed E-state index contributed by atoms with van der Waals surface area (Å²) in [5.74, 6) is -2.74. The summed E-state index contributed by atoms with van der Waals surface area (Å²) >= 11 is 0. The second kappa shape index (κ2) is 55.7. The number of carbonyl (C=O) groups excluding carboxylic acids is 8. The average molecular weight is 1490 g/mol. The summed E-state index contributed by atoms with van der Waals surface area (Å²) in [6, 6.07) is 0. The Labute approximate surface area is 615 Å². The van der Waals surface area contributed by atoms with Gasteiger partial charge in [-0.2, -0.15) is 0 Å². The van der Waals surface area contributed by atoms with Crippen molar-refractivity contribution in [3.05, 3.63) is 0 Å². The van der Waals surface area contributed by atoms with E-state index in [1.807, 2.05) is 0 Å². The molecular formula is C74H132N4O26. The van der Waals surface area contributed by atoms with Crippen LogP contribution in [0.25, 0.3) is 0 Å². The third-order valence-corrected chi connectivity index (χ3v) is 19.7. The predicted molar refractivity (Wildman–Crippen MR) is 379 cm³/mol. The van der Waals surface area contributed by atoms with E-state index in [1.165, 1.54) is 0 Å². The van der Waals surface area contributed by atoms with Gasteiger partial charge in [0, 0.05) is 102 Å². The van der Waals surface area contributed by atoms with Gasteiger partial charge in [-0.1, -0.05) is 78.6 Å². The van der Waals surface area contributed by atoms with Crippen molar-refractivity contribution in [3.8, 4) is 0 Å². The SMILES string of the molecule is CCNC(=O)CCC(=O)CC(CCCOC(=O)CCCCCCCNC(=O)CCCOC1OC(CO)C(O)C(O)C1C)(CCCOC(=O)CCCCCCCNC(=O)CCCOC1OC(CO)C(O)C(O)C1C)CCCOC(=O)NCCCCCCCC(=O)CCCOC1OC(CO)C(O)C(O)C1C. The fourth-order valence-electron chi connectivity index (χ4n) is 13.1. The molecule has 3 rings (SSSR count). The number of hydrogen-bond acceptors (Lipinski definition) is 26. The minimum Gasteiger partial charge on any atom is -0.466 e. The van der Waals surface area contributed by atoms with Gasteiger partial charge in [0.1, 0.15) is 48.2 Å². The maximum atomic E-state index is 13.8. The van der Waals surface area contributed by atoms with E-state index in [1.54, 1.807) is 27.7 Å².